The highest BCUT2D eigenvalue weighted by molar-refractivity contribution is 9.08. The van der Waals surface area contributed by atoms with Crippen LogP contribution in [0.2, 0.25) is 0 Å². The van der Waals surface area contributed by atoms with Gasteiger partial charge in [-0.1, -0.05) is 15.9 Å². The van der Waals surface area contributed by atoms with E-state index in [1.54, 1.807) is 6.33 Å². The standard InChI is InChI=1S/C10H12BrN3O/c1-7-10(15-8(2)13-7)5-14-4-9(3-11)12-6-14/h4,6H,3,5H2,1-2H3. The van der Waals surface area contributed by atoms with Crippen molar-refractivity contribution in [2.75, 3.05) is 0 Å². The predicted molar refractivity (Wildman–Crippen MR) is 59.9 cm³/mol. The van der Waals surface area contributed by atoms with Crippen molar-refractivity contribution in [3.8, 4) is 0 Å². The maximum atomic E-state index is 5.49. The van der Waals surface area contributed by atoms with Crippen molar-refractivity contribution in [2.24, 2.45) is 0 Å². The monoisotopic (exact) mass is 269 g/mol. The van der Waals surface area contributed by atoms with Crippen LogP contribution in [0.15, 0.2) is 16.9 Å². The molecule has 0 aromatic carbocycles. The summed E-state index contributed by atoms with van der Waals surface area (Å²) in [6, 6.07) is 0. The highest BCUT2D eigenvalue weighted by atomic mass is 79.9. The first kappa shape index (κ1) is 10.4. The van der Waals surface area contributed by atoms with Crippen molar-refractivity contribution >= 4 is 15.9 Å². The van der Waals surface area contributed by atoms with Crippen LogP contribution in [0.1, 0.15) is 23.0 Å². The van der Waals surface area contributed by atoms with E-state index in [0.29, 0.717) is 12.4 Å². The second-order valence-electron chi connectivity index (χ2n) is 3.41. The van der Waals surface area contributed by atoms with Gasteiger partial charge in [0.15, 0.2) is 5.89 Å². The van der Waals surface area contributed by atoms with Gasteiger partial charge in [-0.25, -0.2) is 9.97 Å². The van der Waals surface area contributed by atoms with Crippen LogP contribution in [-0.2, 0) is 11.9 Å². The van der Waals surface area contributed by atoms with Crippen LogP contribution in [0.4, 0.5) is 0 Å². The fourth-order valence-corrected chi connectivity index (χ4v) is 1.74. The number of hydrogen-bond donors (Lipinski definition) is 0. The topological polar surface area (TPSA) is 43.9 Å². The molecule has 0 amide bonds. The molecule has 0 aliphatic heterocycles. The second-order valence-corrected chi connectivity index (χ2v) is 3.97. The maximum Gasteiger partial charge on any atom is 0.191 e. The Balaban J connectivity index is 2.17. The van der Waals surface area contributed by atoms with Crippen molar-refractivity contribution in [1.29, 1.82) is 0 Å². The first-order valence-corrected chi connectivity index (χ1v) is 5.80. The van der Waals surface area contributed by atoms with Crippen LogP contribution in [0.5, 0.6) is 0 Å². The maximum absolute atomic E-state index is 5.49. The van der Waals surface area contributed by atoms with E-state index in [-0.39, 0.29) is 0 Å². The Morgan fingerprint density at radius 3 is 2.80 bits per heavy atom. The first-order chi connectivity index (χ1) is 7.19. The molecule has 5 heteroatoms. The van der Waals surface area contributed by atoms with Crippen LogP contribution in [-0.4, -0.2) is 14.5 Å². The zero-order valence-corrected chi connectivity index (χ0v) is 10.3. The average molecular weight is 270 g/mol. The molecule has 4 nitrogen and oxygen atoms in total. The highest BCUT2D eigenvalue weighted by Crippen LogP contribution is 2.12. The molecule has 0 atom stereocenters. The summed E-state index contributed by atoms with van der Waals surface area (Å²) in [7, 11) is 0. The summed E-state index contributed by atoms with van der Waals surface area (Å²) in [5.41, 5.74) is 1.96. The Kier molecular flexibility index (Phi) is 2.90. The second kappa shape index (κ2) is 4.18. The number of aryl methyl sites for hydroxylation is 2. The van der Waals surface area contributed by atoms with Crippen molar-refractivity contribution in [2.45, 2.75) is 25.7 Å². The van der Waals surface area contributed by atoms with E-state index < -0.39 is 0 Å². The van der Waals surface area contributed by atoms with Gasteiger partial charge in [0.1, 0.15) is 5.76 Å². The lowest BCUT2D eigenvalue weighted by Crippen LogP contribution is -1.96. The van der Waals surface area contributed by atoms with E-state index in [4.69, 9.17) is 4.42 Å². The summed E-state index contributed by atoms with van der Waals surface area (Å²) in [5.74, 6) is 1.61. The summed E-state index contributed by atoms with van der Waals surface area (Å²) in [6.45, 7) is 4.50. The lowest BCUT2D eigenvalue weighted by atomic mass is 10.3. The molecule has 0 N–H and O–H groups in total. The van der Waals surface area contributed by atoms with Gasteiger partial charge in [0.2, 0.25) is 0 Å². The Labute approximate surface area is 96.5 Å². The van der Waals surface area contributed by atoms with Crippen LogP contribution in [0, 0.1) is 13.8 Å². The van der Waals surface area contributed by atoms with Crippen molar-refractivity contribution in [3.63, 3.8) is 0 Å². The molecule has 2 rings (SSSR count). The third kappa shape index (κ3) is 2.28. The fourth-order valence-electron chi connectivity index (χ4n) is 1.45. The molecule has 0 aliphatic carbocycles. The van der Waals surface area contributed by atoms with E-state index >= 15 is 0 Å². The van der Waals surface area contributed by atoms with E-state index in [0.717, 1.165) is 22.5 Å². The van der Waals surface area contributed by atoms with Crippen molar-refractivity contribution in [1.82, 2.24) is 14.5 Å². The molecular weight excluding hydrogens is 258 g/mol. The predicted octanol–water partition coefficient (Wildman–Crippen LogP) is 2.43. The number of aromatic nitrogens is 3. The number of alkyl halides is 1. The molecular formula is C10H12BrN3O. The molecule has 0 bridgehead atoms. The quantitative estimate of drug-likeness (QED) is 0.804. The third-order valence-electron chi connectivity index (χ3n) is 2.15. The molecule has 0 radical (unpaired) electrons. The van der Waals surface area contributed by atoms with Gasteiger partial charge in [-0.2, -0.15) is 0 Å². The average Bonchev–Trinajstić information content (AvgIpc) is 2.75. The number of nitrogens with zero attached hydrogens (tertiary/aromatic N) is 3. The molecule has 0 aliphatic rings. The third-order valence-corrected chi connectivity index (χ3v) is 2.72. The molecule has 0 unspecified atom stereocenters. The minimum absolute atomic E-state index is 0.687. The highest BCUT2D eigenvalue weighted by Gasteiger charge is 2.07. The molecule has 0 saturated heterocycles. The lowest BCUT2D eigenvalue weighted by molar-refractivity contribution is 0.461. The molecule has 0 saturated carbocycles. The van der Waals surface area contributed by atoms with Gasteiger partial charge in [-0.15, -0.1) is 0 Å². The Morgan fingerprint density at radius 1 is 1.47 bits per heavy atom. The number of oxazole rings is 1. The van der Waals surface area contributed by atoms with Gasteiger partial charge in [0.05, 0.1) is 24.3 Å². The zero-order chi connectivity index (χ0) is 10.8. The summed E-state index contributed by atoms with van der Waals surface area (Å²) < 4.78 is 7.48. The normalized spacial score (nSPS) is 10.9. The van der Waals surface area contributed by atoms with Gasteiger partial charge in [0.25, 0.3) is 0 Å². The van der Waals surface area contributed by atoms with Crippen molar-refractivity contribution in [3.05, 3.63) is 35.6 Å². The Morgan fingerprint density at radius 2 is 2.27 bits per heavy atom. The van der Waals surface area contributed by atoms with E-state index in [1.807, 2.05) is 24.6 Å². The zero-order valence-electron chi connectivity index (χ0n) is 8.70. The van der Waals surface area contributed by atoms with Gasteiger partial charge in [-0.05, 0) is 6.92 Å². The van der Waals surface area contributed by atoms with Gasteiger partial charge in [0, 0.05) is 18.5 Å². The van der Waals surface area contributed by atoms with Crippen LogP contribution >= 0.6 is 15.9 Å². The van der Waals surface area contributed by atoms with Gasteiger partial charge in [-0.3, -0.25) is 0 Å². The minimum atomic E-state index is 0.687. The molecule has 0 fully saturated rings. The lowest BCUT2D eigenvalue weighted by Gasteiger charge is -1.98. The summed E-state index contributed by atoms with van der Waals surface area (Å²) in [5, 5.41) is 0.772. The number of halogens is 1. The van der Waals surface area contributed by atoms with E-state index in [1.165, 1.54) is 0 Å². The van der Waals surface area contributed by atoms with E-state index in [2.05, 4.69) is 25.9 Å². The molecule has 2 aromatic rings. The van der Waals surface area contributed by atoms with Crippen LogP contribution in [0.3, 0.4) is 0 Å². The Hall–Kier alpha value is -1.10. The smallest absolute Gasteiger partial charge is 0.191 e. The largest absolute Gasteiger partial charge is 0.444 e. The molecule has 80 valence electrons. The SMILES string of the molecule is Cc1nc(C)c(Cn2cnc(CBr)c2)o1. The van der Waals surface area contributed by atoms with Gasteiger partial charge < -0.3 is 8.98 Å². The molecule has 2 aromatic heterocycles. The van der Waals surface area contributed by atoms with Gasteiger partial charge >= 0.3 is 0 Å². The number of imidazole rings is 1. The summed E-state index contributed by atoms with van der Waals surface area (Å²) in [4.78, 5) is 8.45. The van der Waals surface area contributed by atoms with Crippen LogP contribution < -0.4 is 0 Å². The number of rotatable bonds is 3. The molecule has 0 spiro atoms. The minimum Gasteiger partial charge on any atom is -0.444 e. The summed E-state index contributed by atoms with van der Waals surface area (Å²) >= 11 is 3.36. The van der Waals surface area contributed by atoms with Crippen molar-refractivity contribution < 1.29 is 4.42 Å². The first-order valence-electron chi connectivity index (χ1n) is 4.68. The Bertz CT molecular complexity index is 461. The summed E-state index contributed by atoms with van der Waals surface area (Å²) in [6.07, 6.45) is 3.79. The molecule has 2 heterocycles. The molecule has 15 heavy (non-hydrogen) atoms. The van der Waals surface area contributed by atoms with E-state index in [9.17, 15) is 0 Å². The van der Waals surface area contributed by atoms with Crippen LogP contribution in [0.25, 0.3) is 0 Å². The number of hydrogen-bond acceptors (Lipinski definition) is 3. The fraction of sp³-hybridized carbons (Fsp3) is 0.400.